The largest absolute Gasteiger partial charge is 0.493 e. The van der Waals surface area contributed by atoms with Gasteiger partial charge in [-0.3, -0.25) is 0 Å². The summed E-state index contributed by atoms with van der Waals surface area (Å²) in [7, 11) is -4.14. The SMILES string of the molecule is Cc1cc(OCCCO)cc(OS(=O)(=O)c2cc(Cl)ccc2Cl)c1. The van der Waals surface area contributed by atoms with E-state index in [0.717, 1.165) is 5.56 Å². The second kappa shape index (κ2) is 8.07. The minimum absolute atomic E-state index is 0.0107. The average Bonchev–Trinajstić information content (AvgIpc) is 2.49. The Morgan fingerprint density at radius 1 is 1.08 bits per heavy atom. The zero-order valence-corrected chi connectivity index (χ0v) is 15.2. The molecule has 0 unspecified atom stereocenters. The van der Waals surface area contributed by atoms with Crippen molar-refractivity contribution < 1.29 is 22.4 Å². The Hall–Kier alpha value is -1.47. The van der Waals surface area contributed by atoms with Crippen molar-refractivity contribution in [2.75, 3.05) is 13.2 Å². The number of hydrogen-bond acceptors (Lipinski definition) is 5. The number of aliphatic hydroxyl groups excluding tert-OH is 1. The van der Waals surface area contributed by atoms with Crippen LogP contribution in [0.2, 0.25) is 10.0 Å². The van der Waals surface area contributed by atoms with E-state index >= 15 is 0 Å². The molecule has 0 aliphatic heterocycles. The first-order chi connectivity index (χ1) is 11.3. The molecule has 0 bridgehead atoms. The van der Waals surface area contributed by atoms with Crippen molar-refractivity contribution in [3.63, 3.8) is 0 Å². The first-order valence-electron chi connectivity index (χ1n) is 7.07. The number of halogens is 2. The maximum Gasteiger partial charge on any atom is 0.340 e. The molecule has 130 valence electrons. The van der Waals surface area contributed by atoms with Gasteiger partial charge in [-0.15, -0.1) is 0 Å². The van der Waals surface area contributed by atoms with Gasteiger partial charge in [-0.2, -0.15) is 8.42 Å². The lowest BCUT2D eigenvalue weighted by Gasteiger charge is -2.12. The van der Waals surface area contributed by atoms with Crippen LogP contribution in [0.3, 0.4) is 0 Å². The highest BCUT2D eigenvalue weighted by Crippen LogP contribution is 2.30. The molecule has 8 heteroatoms. The molecular weight excluding hydrogens is 375 g/mol. The lowest BCUT2D eigenvalue weighted by atomic mass is 10.2. The molecule has 0 atom stereocenters. The molecule has 24 heavy (non-hydrogen) atoms. The second-order valence-electron chi connectivity index (χ2n) is 5.02. The van der Waals surface area contributed by atoms with Crippen molar-refractivity contribution in [2.45, 2.75) is 18.2 Å². The summed E-state index contributed by atoms with van der Waals surface area (Å²) < 4.78 is 35.4. The number of aryl methyl sites for hydroxylation is 1. The van der Waals surface area contributed by atoms with Gasteiger partial charge in [0.25, 0.3) is 0 Å². The van der Waals surface area contributed by atoms with E-state index in [9.17, 15) is 8.42 Å². The van der Waals surface area contributed by atoms with Crippen LogP contribution in [0.1, 0.15) is 12.0 Å². The van der Waals surface area contributed by atoms with Gasteiger partial charge in [0, 0.05) is 24.1 Å². The average molecular weight is 391 g/mol. The van der Waals surface area contributed by atoms with Gasteiger partial charge in [-0.05, 0) is 42.8 Å². The Morgan fingerprint density at radius 2 is 1.79 bits per heavy atom. The van der Waals surface area contributed by atoms with Crippen molar-refractivity contribution >= 4 is 33.3 Å². The third kappa shape index (κ3) is 5.01. The number of benzene rings is 2. The Labute approximate surface area is 150 Å². The van der Waals surface area contributed by atoms with Crippen molar-refractivity contribution in [1.82, 2.24) is 0 Å². The Balaban J connectivity index is 2.27. The first kappa shape index (κ1) is 18.9. The number of aliphatic hydroxyl groups is 1. The van der Waals surface area contributed by atoms with Crippen LogP contribution in [0, 0.1) is 6.92 Å². The van der Waals surface area contributed by atoms with Crippen molar-refractivity contribution in [3.05, 3.63) is 52.0 Å². The Kier molecular flexibility index (Phi) is 6.34. The summed E-state index contributed by atoms with van der Waals surface area (Å²) >= 11 is 11.8. The van der Waals surface area contributed by atoms with Gasteiger partial charge >= 0.3 is 10.1 Å². The molecule has 0 amide bonds. The highest BCUT2D eigenvalue weighted by atomic mass is 35.5. The third-order valence-electron chi connectivity index (χ3n) is 2.96. The predicted octanol–water partition coefficient (Wildman–Crippen LogP) is 3.83. The van der Waals surface area contributed by atoms with E-state index in [0.29, 0.717) is 18.8 Å². The van der Waals surface area contributed by atoms with Crippen LogP contribution in [-0.4, -0.2) is 26.7 Å². The summed E-state index contributed by atoms with van der Waals surface area (Å²) in [5.41, 5.74) is 0.763. The molecule has 0 aromatic heterocycles. The fourth-order valence-corrected chi connectivity index (χ4v) is 3.60. The Bertz CT molecular complexity index is 821. The molecule has 0 heterocycles. The van der Waals surface area contributed by atoms with Crippen molar-refractivity contribution in [1.29, 1.82) is 0 Å². The fourth-order valence-electron chi connectivity index (χ4n) is 1.94. The molecular formula is C16H16Cl2O5S. The second-order valence-corrected chi connectivity index (χ2v) is 7.38. The van der Waals surface area contributed by atoms with Gasteiger partial charge in [0.15, 0.2) is 0 Å². The van der Waals surface area contributed by atoms with Crippen LogP contribution in [-0.2, 0) is 10.1 Å². The van der Waals surface area contributed by atoms with Gasteiger partial charge in [0.1, 0.15) is 16.4 Å². The summed E-state index contributed by atoms with van der Waals surface area (Å²) in [5, 5.41) is 9.03. The van der Waals surface area contributed by atoms with Crippen LogP contribution in [0.5, 0.6) is 11.5 Å². The molecule has 0 saturated carbocycles. The van der Waals surface area contributed by atoms with E-state index in [1.165, 1.54) is 24.3 Å². The van der Waals surface area contributed by atoms with Crippen molar-refractivity contribution in [3.8, 4) is 11.5 Å². The summed E-state index contributed by atoms with van der Waals surface area (Å²) in [6.45, 7) is 2.10. The molecule has 5 nitrogen and oxygen atoms in total. The lowest BCUT2D eigenvalue weighted by Crippen LogP contribution is -2.11. The number of ether oxygens (including phenoxy) is 1. The molecule has 0 saturated heterocycles. The molecule has 0 aliphatic carbocycles. The smallest absolute Gasteiger partial charge is 0.340 e. The van der Waals surface area contributed by atoms with Gasteiger partial charge in [0.05, 0.1) is 11.6 Å². The fraction of sp³-hybridized carbons (Fsp3) is 0.250. The summed E-state index contributed by atoms with van der Waals surface area (Å²) in [5.74, 6) is 0.552. The molecule has 0 radical (unpaired) electrons. The molecule has 2 rings (SSSR count). The molecule has 0 fully saturated rings. The maximum atomic E-state index is 12.4. The zero-order chi connectivity index (χ0) is 17.7. The quantitative estimate of drug-likeness (QED) is 0.574. The maximum absolute atomic E-state index is 12.4. The predicted molar refractivity (Wildman–Crippen MR) is 92.7 cm³/mol. The standard InChI is InChI=1S/C16H16Cl2O5S/c1-11-7-13(22-6-2-5-19)10-14(8-11)23-24(20,21)16-9-12(17)3-4-15(16)18/h3-4,7-10,19H,2,5-6H2,1H3. The summed E-state index contributed by atoms with van der Waals surface area (Å²) in [6, 6.07) is 8.87. The molecule has 0 spiro atoms. The number of rotatable bonds is 7. The van der Waals surface area contributed by atoms with Gasteiger partial charge < -0.3 is 14.0 Å². The van der Waals surface area contributed by atoms with E-state index < -0.39 is 10.1 Å². The summed E-state index contributed by atoms with van der Waals surface area (Å²) in [4.78, 5) is -0.207. The highest BCUT2D eigenvalue weighted by molar-refractivity contribution is 7.87. The lowest BCUT2D eigenvalue weighted by molar-refractivity contribution is 0.233. The molecule has 0 aliphatic rings. The zero-order valence-electron chi connectivity index (χ0n) is 12.8. The van der Waals surface area contributed by atoms with Gasteiger partial charge in [0.2, 0.25) is 0 Å². The van der Waals surface area contributed by atoms with Crippen LogP contribution in [0.25, 0.3) is 0 Å². The third-order valence-corrected chi connectivity index (χ3v) is 4.93. The molecule has 1 N–H and O–H groups in total. The van der Waals surface area contributed by atoms with Crippen LogP contribution in [0.15, 0.2) is 41.3 Å². The first-order valence-corrected chi connectivity index (χ1v) is 9.23. The van der Waals surface area contributed by atoms with Gasteiger partial charge in [-0.25, -0.2) is 0 Å². The highest BCUT2D eigenvalue weighted by Gasteiger charge is 2.21. The van der Waals surface area contributed by atoms with E-state index in [1.807, 2.05) is 0 Å². The van der Waals surface area contributed by atoms with Crippen LogP contribution < -0.4 is 8.92 Å². The minimum atomic E-state index is -4.14. The van der Waals surface area contributed by atoms with Crippen LogP contribution in [0.4, 0.5) is 0 Å². The minimum Gasteiger partial charge on any atom is -0.493 e. The van der Waals surface area contributed by atoms with Gasteiger partial charge in [-0.1, -0.05) is 23.2 Å². The summed E-state index contributed by atoms with van der Waals surface area (Å²) in [6.07, 6.45) is 0.473. The van der Waals surface area contributed by atoms with E-state index in [-0.39, 0.29) is 27.3 Å². The number of hydrogen-bond donors (Lipinski definition) is 1. The molecule has 2 aromatic rings. The van der Waals surface area contributed by atoms with E-state index in [2.05, 4.69) is 0 Å². The normalized spacial score (nSPS) is 11.3. The monoisotopic (exact) mass is 390 g/mol. The molecule has 2 aromatic carbocycles. The van der Waals surface area contributed by atoms with E-state index in [4.69, 9.17) is 37.2 Å². The Morgan fingerprint density at radius 3 is 2.50 bits per heavy atom. The van der Waals surface area contributed by atoms with Crippen molar-refractivity contribution in [2.24, 2.45) is 0 Å². The van der Waals surface area contributed by atoms with E-state index in [1.54, 1.807) is 19.1 Å². The topological polar surface area (TPSA) is 72.8 Å². The van der Waals surface area contributed by atoms with Crippen LogP contribution >= 0.6 is 23.2 Å².